The van der Waals surface area contributed by atoms with Crippen LogP contribution in [-0.2, 0) is 9.53 Å². The Labute approximate surface area is 248 Å². The number of halogens is 1. The maximum Gasteiger partial charge on any atom is 0.338 e. The Kier molecular flexibility index (Phi) is 9.52. The van der Waals surface area contributed by atoms with Crippen molar-refractivity contribution in [2.75, 3.05) is 34.0 Å². The van der Waals surface area contributed by atoms with Crippen molar-refractivity contribution in [2.24, 2.45) is 4.99 Å². The van der Waals surface area contributed by atoms with Gasteiger partial charge in [-0.1, -0.05) is 33.3 Å². The molecule has 1 aromatic heterocycles. The number of fused-ring (bicyclic) bond motifs is 1. The van der Waals surface area contributed by atoms with Crippen LogP contribution in [0.3, 0.4) is 0 Å². The summed E-state index contributed by atoms with van der Waals surface area (Å²) in [4.78, 5) is 32.3. The van der Waals surface area contributed by atoms with Crippen molar-refractivity contribution >= 4 is 39.3 Å². The molecule has 0 unspecified atom stereocenters. The predicted molar refractivity (Wildman–Crippen MR) is 156 cm³/mol. The van der Waals surface area contributed by atoms with Crippen LogP contribution in [0, 0.1) is 11.3 Å². The highest BCUT2D eigenvalue weighted by molar-refractivity contribution is 9.10. The molecule has 214 valence electrons. The third-order valence-electron chi connectivity index (χ3n) is 6.17. The largest absolute Gasteiger partial charge is 0.493 e. The molecule has 2 heterocycles. The van der Waals surface area contributed by atoms with Gasteiger partial charge < -0.3 is 23.7 Å². The number of hydrogen-bond acceptors (Lipinski definition) is 10. The van der Waals surface area contributed by atoms with E-state index >= 15 is 0 Å². The fraction of sp³-hybridized carbons (Fsp3) is 0.310. The molecule has 0 bridgehead atoms. The fourth-order valence-electron chi connectivity index (χ4n) is 4.43. The Morgan fingerprint density at radius 2 is 1.83 bits per heavy atom. The lowest BCUT2D eigenvalue weighted by Gasteiger charge is -2.26. The van der Waals surface area contributed by atoms with E-state index in [4.69, 9.17) is 28.9 Å². The van der Waals surface area contributed by atoms with E-state index in [1.54, 1.807) is 50.3 Å². The molecule has 41 heavy (non-hydrogen) atoms. The van der Waals surface area contributed by atoms with Crippen molar-refractivity contribution in [3.63, 3.8) is 0 Å². The molecule has 0 saturated heterocycles. The Balaban J connectivity index is 1.94. The molecule has 0 spiro atoms. The Morgan fingerprint density at radius 3 is 2.49 bits per heavy atom. The lowest BCUT2D eigenvalue weighted by Crippen LogP contribution is -2.40. The zero-order valence-corrected chi connectivity index (χ0v) is 25.6. The predicted octanol–water partition coefficient (Wildman–Crippen LogP) is 3.88. The van der Waals surface area contributed by atoms with Gasteiger partial charge in [-0.3, -0.25) is 9.36 Å². The van der Waals surface area contributed by atoms with Crippen LogP contribution in [0.2, 0.25) is 0 Å². The summed E-state index contributed by atoms with van der Waals surface area (Å²) >= 11 is 4.80. The number of nitriles is 1. The zero-order valence-electron chi connectivity index (χ0n) is 23.1. The first-order valence-corrected chi connectivity index (χ1v) is 14.3. The van der Waals surface area contributed by atoms with Gasteiger partial charge in [-0.25, -0.2) is 9.79 Å². The van der Waals surface area contributed by atoms with Crippen LogP contribution in [0.15, 0.2) is 55.9 Å². The van der Waals surface area contributed by atoms with Gasteiger partial charge in [-0.2, -0.15) is 5.26 Å². The van der Waals surface area contributed by atoms with Crippen LogP contribution < -0.4 is 33.8 Å². The number of methoxy groups -OCH3 is 2. The number of carbonyl (C=O) groups excluding carboxylic acids is 1. The minimum Gasteiger partial charge on any atom is -0.493 e. The molecular formula is C29H28BrN3O7S. The second-order valence-corrected chi connectivity index (χ2v) is 10.5. The smallest absolute Gasteiger partial charge is 0.338 e. The summed E-state index contributed by atoms with van der Waals surface area (Å²) in [5.41, 5.74) is 1.65. The number of esters is 1. The third-order valence-corrected chi connectivity index (χ3v) is 7.84. The molecule has 0 aliphatic carbocycles. The molecule has 4 rings (SSSR count). The van der Waals surface area contributed by atoms with E-state index in [9.17, 15) is 9.59 Å². The highest BCUT2D eigenvalue weighted by Gasteiger charge is 2.35. The average molecular weight is 643 g/mol. The van der Waals surface area contributed by atoms with Crippen molar-refractivity contribution in [3.8, 4) is 29.1 Å². The van der Waals surface area contributed by atoms with Gasteiger partial charge in [-0.15, -0.1) is 0 Å². The number of benzene rings is 2. The van der Waals surface area contributed by atoms with Gasteiger partial charge in [0.2, 0.25) is 0 Å². The van der Waals surface area contributed by atoms with Crippen molar-refractivity contribution in [3.05, 3.63) is 76.9 Å². The highest BCUT2D eigenvalue weighted by atomic mass is 79.9. The number of allylic oxidation sites excluding steroid dienone is 1. The number of thiazole rings is 1. The molecule has 0 radical (unpaired) electrons. The van der Waals surface area contributed by atoms with E-state index in [1.165, 1.54) is 30.1 Å². The first-order valence-electron chi connectivity index (χ1n) is 12.7. The molecule has 0 N–H and O–H groups in total. The molecule has 0 saturated carbocycles. The van der Waals surface area contributed by atoms with Gasteiger partial charge in [0.05, 0.1) is 49.3 Å². The molecule has 0 amide bonds. The Bertz CT molecular complexity index is 1740. The normalized spacial score (nSPS) is 14.6. The quantitative estimate of drug-likeness (QED) is 0.306. The van der Waals surface area contributed by atoms with Gasteiger partial charge in [0, 0.05) is 4.47 Å². The summed E-state index contributed by atoms with van der Waals surface area (Å²) in [5.74, 6) is 1.25. The van der Waals surface area contributed by atoms with Gasteiger partial charge >= 0.3 is 5.97 Å². The number of ether oxygens (including phenoxy) is 5. The van der Waals surface area contributed by atoms with Crippen LogP contribution in [-0.4, -0.2) is 44.6 Å². The standard InChI is InChI=1S/C29H28BrN3O7S/c1-6-38-23-12-17(8-9-20(23)40-11-10-31)13-24-27(34)33-26(18-14-21(36-4)22(37-5)15-19(18)30)25(28(35)39-7-2)16(3)32-29(33)41-24/h8-9,12-15,26H,6-7,11H2,1-5H3/b24-13-/t26-/m1/s1. The number of hydrogen-bond donors (Lipinski definition) is 0. The summed E-state index contributed by atoms with van der Waals surface area (Å²) in [6.07, 6.45) is 1.73. The number of carbonyl (C=O) groups is 1. The lowest BCUT2D eigenvalue weighted by molar-refractivity contribution is -0.139. The van der Waals surface area contributed by atoms with Crippen molar-refractivity contribution in [2.45, 2.75) is 26.8 Å². The molecular weight excluding hydrogens is 614 g/mol. The van der Waals surface area contributed by atoms with E-state index < -0.39 is 12.0 Å². The van der Waals surface area contributed by atoms with E-state index in [0.717, 1.165) is 0 Å². The van der Waals surface area contributed by atoms with Gasteiger partial charge in [0.25, 0.3) is 5.56 Å². The Morgan fingerprint density at radius 1 is 1.10 bits per heavy atom. The van der Waals surface area contributed by atoms with Crippen LogP contribution in [0.4, 0.5) is 0 Å². The molecule has 1 aliphatic rings. The van der Waals surface area contributed by atoms with E-state index in [2.05, 4.69) is 20.9 Å². The summed E-state index contributed by atoms with van der Waals surface area (Å²) in [6, 6.07) is 9.76. The molecule has 0 fully saturated rings. The first-order chi connectivity index (χ1) is 19.8. The van der Waals surface area contributed by atoms with Crippen LogP contribution >= 0.6 is 27.3 Å². The lowest BCUT2D eigenvalue weighted by atomic mass is 9.95. The maximum atomic E-state index is 14.0. The summed E-state index contributed by atoms with van der Waals surface area (Å²) in [5, 5.41) is 8.87. The second kappa shape index (κ2) is 13.1. The monoisotopic (exact) mass is 641 g/mol. The minimum atomic E-state index is -0.845. The minimum absolute atomic E-state index is 0.119. The molecule has 1 aliphatic heterocycles. The van der Waals surface area contributed by atoms with Crippen molar-refractivity contribution in [1.29, 1.82) is 5.26 Å². The molecule has 3 aromatic rings. The first kappa shape index (κ1) is 29.9. The van der Waals surface area contributed by atoms with E-state index in [1.807, 2.05) is 13.0 Å². The summed E-state index contributed by atoms with van der Waals surface area (Å²) in [7, 11) is 3.04. The van der Waals surface area contributed by atoms with E-state index in [-0.39, 0.29) is 24.3 Å². The van der Waals surface area contributed by atoms with Gasteiger partial charge in [0.15, 0.2) is 34.4 Å². The van der Waals surface area contributed by atoms with Crippen LogP contribution in [0.1, 0.15) is 37.9 Å². The average Bonchev–Trinajstić information content (AvgIpc) is 3.25. The molecule has 10 nitrogen and oxygen atoms in total. The van der Waals surface area contributed by atoms with Gasteiger partial charge in [0.1, 0.15) is 6.07 Å². The summed E-state index contributed by atoms with van der Waals surface area (Å²) < 4.78 is 30.0. The SMILES string of the molecule is CCOC(=O)C1=C(C)N=c2s/c(=C\c3ccc(OCC#N)c(OCC)c3)c(=O)n2[C@@H]1c1cc(OC)c(OC)cc1Br. The van der Waals surface area contributed by atoms with Crippen LogP contribution in [0.5, 0.6) is 23.0 Å². The second-order valence-electron chi connectivity index (χ2n) is 8.62. The van der Waals surface area contributed by atoms with Crippen molar-refractivity contribution in [1.82, 2.24) is 4.57 Å². The molecule has 12 heteroatoms. The fourth-order valence-corrected chi connectivity index (χ4v) is 6.01. The van der Waals surface area contributed by atoms with Crippen molar-refractivity contribution < 1.29 is 28.5 Å². The third kappa shape index (κ3) is 6.01. The molecule has 1 atom stereocenters. The topological polar surface area (TPSA) is 121 Å². The Hall–Kier alpha value is -4.08. The summed E-state index contributed by atoms with van der Waals surface area (Å²) in [6.45, 7) is 5.72. The number of aromatic nitrogens is 1. The van der Waals surface area contributed by atoms with E-state index in [0.29, 0.717) is 60.2 Å². The molecule has 2 aromatic carbocycles. The highest BCUT2D eigenvalue weighted by Crippen LogP contribution is 2.40. The maximum absolute atomic E-state index is 14.0. The number of rotatable bonds is 10. The van der Waals surface area contributed by atoms with Gasteiger partial charge in [-0.05, 0) is 62.2 Å². The number of nitrogens with zero attached hydrogens (tertiary/aromatic N) is 3. The zero-order chi connectivity index (χ0) is 29.7. The van der Waals surface area contributed by atoms with Crippen LogP contribution in [0.25, 0.3) is 6.08 Å².